The molecule has 32 heavy (non-hydrogen) atoms. The van der Waals surface area contributed by atoms with E-state index in [1.807, 2.05) is 32.3 Å². The number of aromatic nitrogens is 3. The van der Waals surface area contributed by atoms with Gasteiger partial charge in [-0.05, 0) is 61.6 Å². The van der Waals surface area contributed by atoms with Crippen molar-refractivity contribution < 1.29 is 13.5 Å². The van der Waals surface area contributed by atoms with E-state index in [1.54, 1.807) is 18.5 Å². The molecule has 8 heteroatoms. The Morgan fingerprint density at radius 2 is 1.72 bits per heavy atom. The third-order valence-electron chi connectivity index (χ3n) is 4.95. The number of anilines is 1. The highest BCUT2D eigenvalue weighted by Gasteiger charge is 2.16. The Kier molecular flexibility index (Phi) is 6.23. The summed E-state index contributed by atoms with van der Waals surface area (Å²) in [6.07, 6.45) is 3.38. The minimum atomic E-state index is -0.647. The fraction of sp³-hybridized carbons (Fsp3) is 0.208. The maximum Gasteiger partial charge on any atom is 0.163 e. The van der Waals surface area contributed by atoms with Crippen LogP contribution in [0.2, 0.25) is 0 Å². The molecule has 0 radical (unpaired) electrons. The number of hydrogen-bond acceptors (Lipinski definition) is 6. The van der Waals surface area contributed by atoms with Gasteiger partial charge in [-0.3, -0.25) is 4.98 Å². The molecule has 0 aliphatic rings. The van der Waals surface area contributed by atoms with Gasteiger partial charge in [-0.2, -0.15) is 0 Å². The number of likely N-dealkylation sites (N-methyl/N-ethyl adjacent to an activating group) is 1. The maximum atomic E-state index is 13.9. The van der Waals surface area contributed by atoms with Gasteiger partial charge in [-0.25, -0.2) is 18.7 Å². The van der Waals surface area contributed by atoms with Crippen molar-refractivity contribution >= 4 is 16.7 Å². The Bertz CT molecular complexity index is 1230. The normalized spacial score (nSPS) is 11.2. The highest BCUT2D eigenvalue weighted by atomic mass is 19.1. The molecule has 0 aliphatic carbocycles. The summed E-state index contributed by atoms with van der Waals surface area (Å²) in [7, 11) is 5.51. The predicted octanol–water partition coefficient (Wildman–Crippen LogP) is 4.62. The summed E-state index contributed by atoms with van der Waals surface area (Å²) < 4.78 is 33.3. The van der Waals surface area contributed by atoms with Crippen molar-refractivity contribution in [1.29, 1.82) is 0 Å². The molecule has 0 amide bonds. The van der Waals surface area contributed by atoms with Crippen LogP contribution in [0.25, 0.3) is 33.4 Å². The van der Waals surface area contributed by atoms with E-state index in [-0.39, 0.29) is 0 Å². The molecule has 4 aromatic rings. The topological polar surface area (TPSA) is 63.2 Å². The van der Waals surface area contributed by atoms with Crippen molar-refractivity contribution in [1.82, 2.24) is 19.9 Å². The Morgan fingerprint density at radius 1 is 0.969 bits per heavy atom. The average Bonchev–Trinajstić information content (AvgIpc) is 2.78. The van der Waals surface area contributed by atoms with Crippen LogP contribution in [-0.2, 0) is 0 Å². The first kappa shape index (κ1) is 21.6. The van der Waals surface area contributed by atoms with Crippen molar-refractivity contribution in [2.75, 3.05) is 39.6 Å². The van der Waals surface area contributed by atoms with Crippen molar-refractivity contribution in [2.24, 2.45) is 0 Å². The maximum absolute atomic E-state index is 13.9. The van der Waals surface area contributed by atoms with Crippen molar-refractivity contribution in [2.45, 2.75) is 0 Å². The standard InChI is InChI=1S/C24H23F2N5O/c1-31(2)8-7-28-24-20-11-17(16-9-18(25)13-19(26)10-16)12-21(32-3)22(20)29-23(30-24)15-5-4-6-27-14-15/h4-6,9-14H,7-8H2,1-3H3,(H,28,29,30). The Morgan fingerprint density at radius 3 is 2.38 bits per heavy atom. The quantitative estimate of drug-likeness (QED) is 0.457. The first-order chi connectivity index (χ1) is 15.4. The van der Waals surface area contributed by atoms with Gasteiger partial charge in [0.15, 0.2) is 5.82 Å². The molecular formula is C24H23F2N5O. The third kappa shape index (κ3) is 4.65. The first-order valence-corrected chi connectivity index (χ1v) is 10.1. The van der Waals surface area contributed by atoms with E-state index in [9.17, 15) is 8.78 Å². The average molecular weight is 435 g/mol. The lowest BCUT2D eigenvalue weighted by Crippen LogP contribution is -2.21. The molecule has 0 fully saturated rings. The van der Waals surface area contributed by atoms with E-state index < -0.39 is 11.6 Å². The number of pyridine rings is 1. The van der Waals surface area contributed by atoms with E-state index in [0.29, 0.717) is 46.0 Å². The first-order valence-electron chi connectivity index (χ1n) is 10.1. The number of hydrogen-bond donors (Lipinski definition) is 1. The van der Waals surface area contributed by atoms with Crippen LogP contribution >= 0.6 is 0 Å². The Labute approximate surface area is 184 Å². The molecule has 0 unspecified atom stereocenters. The molecule has 2 aromatic carbocycles. The second-order valence-corrected chi connectivity index (χ2v) is 7.60. The van der Waals surface area contributed by atoms with Crippen LogP contribution in [0.15, 0.2) is 54.9 Å². The second-order valence-electron chi connectivity index (χ2n) is 7.60. The van der Waals surface area contributed by atoms with Crippen LogP contribution in [0.3, 0.4) is 0 Å². The fourth-order valence-electron chi connectivity index (χ4n) is 3.40. The van der Waals surface area contributed by atoms with Gasteiger partial charge in [0, 0.05) is 42.5 Å². The summed E-state index contributed by atoms with van der Waals surface area (Å²) in [5.41, 5.74) is 2.36. The van der Waals surface area contributed by atoms with Gasteiger partial charge in [-0.1, -0.05) is 0 Å². The monoisotopic (exact) mass is 435 g/mol. The van der Waals surface area contributed by atoms with E-state index in [4.69, 9.17) is 14.7 Å². The molecule has 0 atom stereocenters. The van der Waals surface area contributed by atoms with Crippen LogP contribution in [0.1, 0.15) is 0 Å². The van der Waals surface area contributed by atoms with E-state index in [2.05, 4.69) is 15.2 Å². The number of nitrogens with zero attached hydrogens (tertiary/aromatic N) is 4. The summed E-state index contributed by atoms with van der Waals surface area (Å²) in [5, 5.41) is 4.06. The lowest BCUT2D eigenvalue weighted by Gasteiger charge is -2.16. The molecule has 0 bridgehead atoms. The largest absolute Gasteiger partial charge is 0.494 e. The number of nitrogens with one attached hydrogen (secondary N) is 1. The highest BCUT2D eigenvalue weighted by molar-refractivity contribution is 5.97. The third-order valence-corrected chi connectivity index (χ3v) is 4.95. The fourth-order valence-corrected chi connectivity index (χ4v) is 3.40. The predicted molar refractivity (Wildman–Crippen MR) is 122 cm³/mol. The van der Waals surface area contributed by atoms with Crippen molar-refractivity contribution in [3.63, 3.8) is 0 Å². The van der Waals surface area contributed by atoms with Gasteiger partial charge in [0.2, 0.25) is 0 Å². The summed E-state index contributed by atoms with van der Waals surface area (Å²) in [5.74, 6) is 0.289. The van der Waals surface area contributed by atoms with Crippen molar-refractivity contribution in [3.05, 3.63) is 66.5 Å². The molecule has 2 aromatic heterocycles. The number of methoxy groups -OCH3 is 1. The number of benzene rings is 2. The van der Waals surface area contributed by atoms with E-state index in [0.717, 1.165) is 18.2 Å². The molecule has 6 nitrogen and oxygen atoms in total. The van der Waals surface area contributed by atoms with Gasteiger partial charge in [0.25, 0.3) is 0 Å². The molecule has 4 rings (SSSR count). The molecule has 0 saturated carbocycles. The molecule has 2 heterocycles. The second kappa shape index (κ2) is 9.23. The van der Waals surface area contributed by atoms with Crippen LogP contribution in [0, 0.1) is 11.6 Å². The molecule has 0 aliphatic heterocycles. The minimum Gasteiger partial charge on any atom is -0.494 e. The Balaban J connectivity index is 1.92. The SMILES string of the molecule is COc1cc(-c2cc(F)cc(F)c2)cc2c(NCCN(C)C)nc(-c3cccnc3)nc12. The zero-order valence-corrected chi connectivity index (χ0v) is 18.1. The number of ether oxygens (including phenoxy) is 1. The van der Waals surface area contributed by atoms with Crippen LogP contribution in [-0.4, -0.2) is 54.1 Å². The summed E-state index contributed by atoms with van der Waals surface area (Å²) in [6.45, 7) is 1.44. The van der Waals surface area contributed by atoms with Gasteiger partial charge in [0.1, 0.15) is 28.7 Å². The Hall–Kier alpha value is -3.65. The molecule has 0 spiro atoms. The van der Waals surface area contributed by atoms with Gasteiger partial charge in [0.05, 0.1) is 7.11 Å². The lowest BCUT2D eigenvalue weighted by molar-refractivity contribution is 0.419. The minimum absolute atomic E-state index is 0.401. The number of rotatable bonds is 7. The summed E-state index contributed by atoms with van der Waals surface area (Å²) in [6, 6.07) is 10.7. The van der Waals surface area contributed by atoms with Crippen LogP contribution < -0.4 is 10.1 Å². The smallest absolute Gasteiger partial charge is 0.163 e. The zero-order chi connectivity index (χ0) is 22.7. The zero-order valence-electron chi connectivity index (χ0n) is 18.1. The van der Waals surface area contributed by atoms with Crippen molar-refractivity contribution in [3.8, 4) is 28.3 Å². The summed E-state index contributed by atoms with van der Waals surface area (Å²) >= 11 is 0. The lowest BCUT2D eigenvalue weighted by atomic mass is 10.0. The van der Waals surface area contributed by atoms with E-state index in [1.165, 1.54) is 19.2 Å². The number of fused-ring (bicyclic) bond motifs is 1. The highest BCUT2D eigenvalue weighted by Crippen LogP contribution is 2.36. The molecule has 0 saturated heterocycles. The molecular weight excluding hydrogens is 412 g/mol. The van der Waals surface area contributed by atoms with Gasteiger partial charge >= 0.3 is 0 Å². The molecule has 164 valence electrons. The van der Waals surface area contributed by atoms with Gasteiger partial charge < -0.3 is 15.0 Å². The van der Waals surface area contributed by atoms with Crippen LogP contribution in [0.4, 0.5) is 14.6 Å². The van der Waals surface area contributed by atoms with E-state index >= 15 is 0 Å². The number of halogens is 2. The molecule has 1 N–H and O–H groups in total. The summed E-state index contributed by atoms with van der Waals surface area (Å²) in [4.78, 5) is 15.7. The van der Waals surface area contributed by atoms with Crippen LogP contribution in [0.5, 0.6) is 5.75 Å². The van der Waals surface area contributed by atoms with Gasteiger partial charge in [-0.15, -0.1) is 0 Å².